The van der Waals surface area contributed by atoms with Gasteiger partial charge in [-0.3, -0.25) is 4.79 Å². The third-order valence-electron chi connectivity index (χ3n) is 4.55. The molecule has 0 fully saturated rings. The SMILES string of the molecule is O=C1C2=Cc3cc4ccccc4cc3C2=Cc2ccccc21. The number of ketones is 1. The van der Waals surface area contributed by atoms with Crippen molar-refractivity contribution in [3.63, 3.8) is 0 Å². The molecule has 0 aliphatic heterocycles. The molecule has 0 N–H and O–H groups in total. The van der Waals surface area contributed by atoms with E-state index in [1.165, 1.54) is 10.8 Å². The van der Waals surface area contributed by atoms with Crippen LogP contribution < -0.4 is 0 Å². The van der Waals surface area contributed by atoms with Crippen molar-refractivity contribution in [2.75, 3.05) is 0 Å². The molecule has 2 aliphatic carbocycles. The molecule has 5 rings (SSSR count). The Morgan fingerprint density at radius 3 is 2.14 bits per heavy atom. The van der Waals surface area contributed by atoms with Gasteiger partial charge in [-0.2, -0.15) is 0 Å². The number of fused-ring (bicyclic) bond motifs is 5. The Morgan fingerprint density at radius 2 is 1.27 bits per heavy atom. The predicted octanol–water partition coefficient (Wildman–Crippen LogP) is 4.97. The normalized spacial score (nSPS) is 15.0. The molecule has 1 nitrogen and oxygen atoms in total. The summed E-state index contributed by atoms with van der Waals surface area (Å²) in [5, 5.41) is 2.42. The lowest BCUT2D eigenvalue weighted by molar-refractivity contribution is 0.103. The lowest BCUT2D eigenvalue weighted by atomic mass is 9.86. The zero-order chi connectivity index (χ0) is 14.7. The molecule has 3 aromatic rings. The van der Waals surface area contributed by atoms with Gasteiger partial charge in [-0.05, 0) is 57.3 Å². The van der Waals surface area contributed by atoms with E-state index in [9.17, 15) is 4.79 Å². The summed E-state index contributed by atoms with van der Waals surface area (Å²) >= 11 is 0. The van der Waals surface area contributed by atoms with Crippen LogP contribution in [0, 0.1) is 0 Å². The summed E-state index contributed by atoms with van der Waals surface area (Å²) in [4.78, 5) is 12.8. The standard InChI is InChI=1S/C21H12O/c22-21-17-8-4-3-7-15(17)11-19-18-10-14-6-2-1-5-13(14)9-16(18)12-20(19)21/h1-12H. The minimum Gasteiger partial charge on any atom is -0.289 e. The fourth-order valence-electron chi connectivity index (χ4n) is 3.46. The summed E-state index contributed by atoms with van der Waals surface area (Å²) in [7, 11) is 0. The van der Waals surface area contributed by atoms with E-state index >= 15 is 0 Å². The number of Topliss-reactive ketones (excluding diaryl/α,β-unsaturated/α-hetero) is 1. The number of hydrogen-bond acceptors (Lipinski definition) is 1. The molecule has 2 aliphatic rings. The smallest absolute Gasteiger partial charge is 0.194 e. The average Bonchev–Trinajstić information content (AvgIpc) is 2.91. The number of benzene rings is 3. The molecule has 0 unspecified atom stereocenters. The van der Waals surface area contributed by atoms with Crippen molar-refractivity contribution in [2.45, 2.75) is 0 Å². The predicted molar refractivity (Wildman–Crippen MR) is 90.6 cm³/mol. The molecule has 3 aromatic carbocycles. The van der Waals surface area contributed by atoms with Gasteiger partial charge in [0, 0.05) is 11.1 Å². The number of allylic oxidation sites excluding steroid dienone is 2. The lowest BCUT2D eigenvalue weighted by Gasteiger charge is -2.15. The molecular formula is C21H12O. The summed E-state index contributed by atoms with van der Waals surface area (Å²) in [6, 6.07) is 20.5. The van der Waals surface area contributed by atoms with Gasteiger partial charge in [0.05, 0.1) is 0 Å². The molecule has 0 spiro atoms. The van der Waals surface area contributed by atoms with Crippen molar-refractivity contribution < 1.29 is 4.79 Å². The summed E-state index contributed by atoms with van der Waals surface area (Å²) in [5.74, 6) is 0.133. The Balaban J connectivity index is 1.82. The van der Waals surface area contributed by atoms with Crippen molar-refractivity contribution in [1.82, 2.24) is 0 Å². The maximum Gasteiger partial charge on any atom is 0.194 e. The molecule has 0 saturated carbocycles. The van der Waals surface area contributed by atoms with Crippen LogP contribution in [0.5, 0.6) is 0 Å². The van der Waals surface area contributed by atoms with Crippen molar-refractivity contribution in [3.05, 3.63) is 88.5 Å². The summed E-state index contributed by atoms with van der Waals surface area (Å²) in [5.41, 5.74) is 6.00. The van der Waals surface area contributed by atoms with Crippen LogP contribution in [0.15, 0.2) is 66.2 Å². The molecule has 0 saturated heterocycles. The minimum absolute atomic E-state index is 0.133. The third-order valence-corrected chi connectivity index (χ3v) is 4.55. The number of carbonyl (C=O) groups excluding carboxylic acids is 1. The highest BCUT2D eigenvalue weighted by Gasteiger charge is 2.29. The van der Waals surface area contributed by atoms with Crippen LogP contribution in [-0.2, 0) is 0 Å². The molecule has 0 amide bonds. The van der Waals surface area contributed by atoms with Crippen LogP contribution in [0.1, 0.15) is 27.0 Å². The first-order chi connectivity index (χ1) is 10.8. The third kappa shape index (κ3) is 1.45. The Morgan fingerprint density at radius 1 is 0.591 bits per heavy atom. The first-order valence-electron chi connectivity index (χ1n) is 7.42. The topological polar surface area (TPSA) is 17.1 Å². The fourth-order valence-corrected chi connectivity index (χ4v) is 3.46. The molecule has 0 radical (unpaired) electrons. The monoisotopic (exact) mass is 280 g/mol. The van der Waals surface area contributed by atoms with Crippen molar-refractivity contribution in [3.8, 4) is 0 Å². The minimum atomic E-state index is 0.133. The van der Waals surface area contributed by atoms with Crippen LogP contribution >= 0.6 is 0 Å². The Bertz CT molecular complexity index is 1030. The quantitative estimate of drug-likeness (QED) is 0.568. The first-order valence-corrected chi connectivity index (χ1v) is 7.42. The van der Waals surface area contributed by atoms with Crippen molar-refractivity contribution in [2.24, 2.45) is 0 Å². The maximum absolute atomic E-state index is 12.8. The van der Waals surface area contributed by atoms with Crippen molar-refractivity contribution >= 4 is 34.3 Å². The zero-order valence-corrected chi connectivity index (χ0v) is 11.8. The van der Waals surface area contributed by atoms with Crippen LogP contribution in [0.2, 0.25) is 0 Å². The number of hydrogen-bond donors (Lipinski definition) is 0. The van der Waals surface area contributed by atoms with Gasteiger partial charge >= 0.3 is 0 Å². The van der Waals surface area contributed by atoms with Crippen LogP contribution in [0.4, 0.5) is 0 Å². The van der Waals surface area contributed by atoms with E-state index < -0.39 is 0 Å². The maximum atomic E-state index is 12.8. The van der Waals surface area contributed by atoms with Crippen LogP contribution in [-0.4, -0.2) is 5.78 Å². The first kappa shape index (κ1) is 11.7. The highest BCUT2D eigenvalue weighted by Crippen LogP contribution is 2.43. The largest absolute Gasteiger partial charge is 0.289 e. The van der Waals surface area contributed by atoms with Gasteiger partial charge in [-0.15, -0.1) is 0 Å². The van der Waals surface area contributed by atoms with Gasteiger partial charge in [-0.25, -0.2) is 0 Å². The summed E-state index contributed by atoms with van der Waals surface area (Å²) in [6.45, 7) is 0. The molecule has 0 bridgehead atoms. The van der Waals surface area contributed by atoms with Gasteiger partial charge in [-0.1, -0.05) is 48.5 Å². The summed E-state index contributed by atoms with van der Waals surface area (Å²) in [6.07, 6.45) is 4.18. The number of carbonyl (C=O) groups is 1. The zero-order valence-electron chi connectivity index (χ0n) is 11.8. The summed E-state index contributed by atoms with van der Waals surface area (Å²) < 4.78 is 0. The van der Waals surface area contributed by atoms with E-state index in [0.29, 0.717) is 0 Å². The van der Waals surface area contributed by atoms with Gasteiger partial charge < -0.3 is 0 Å². The van der Waals surface area contributed by atoms with E-state index in [-0.39, 0.29) is 5.78 Å². The Kier molecular flexibility index (Phi) is 2.15. The van der Waals surface area contributed by atoms with Crippen LogP contribution in [0.25, 0.3) is 28.5 Å². The Labute approximate surface area is 128 Å². The molecule has 1 heteroatoms. The Hall–Kier alpha value is -2.93. The van der Waals surface area contributed by atoms with E-state index in [4.69, 9.17) is 0 Å². The van der Waals surface area contributed by atoms with E-state index in [1.54, 1.807) is 0 Å². The second kappa shape index (κ2) is 4.05. The van der Waals surface area contributed by atoms with Gasteiger partial charge in [0.25, 0.3) is 0 Å². The van der Waals surface area contributed by atoms with Crippen LogP contribution in [0.3, 0.4) is 0 Å². The molecule has 0 heterocycles. The molecule has 0 aromatic heterocycles. The highest BCUT2D eigenvalue weighted by atomic mass is 16.1. The number of rotatable bonds is 0. The van der Waals surface area contributed by atoms with Gasteiger partial charge in [0.2, 0.25) is 0 Å². The lowest BCUT2D eigenvalue weighted by Crippen LogP contribution is -2.09. The highest BCUT2D eigenvalue weighted by molar-refractivity contribution is 6.30. The fraction of sp³-hybridized carbons (Fsp3) is 0. The molecule has 0 atom stereocenters. The molecular weight excluding hydrogens is 268 g/mol. The second-order valence-electron chi connectivity index (χ2n) is 5.82. The second-order valence-corrected chi connectivity index (χ2v) is 5.82. The average molecular weight is 280 g/mol. The van der Waals surface area contributed by atoms with Gasteiger partial charge in [0.1, 0.15) is 0 Å². The van der Waals surface area contributed by atoms with Gasteiger partial charge in [0.15, 0.2) is 5.78 Å². The van der Waals surface area contributed by atoms with Crippen molar-refractivity contribution in [1.29, 1.82) is 0 Å². The van der Waals surface area contributed by atoms with E-state index in [0.717, 1.165) is 33.4 Å². The molecule has 102 valence electrons. The van der Waals surface area contributed by atoms with E-state index in [2.05, 4.69) is 30.3 Å². The van der Waals surface area contributed by atoms with E-state index in [1.807, 2.05) is 42.5 Å². The molecule has 22 heavy (non-hydrogen) atoms.